The van der Waals surface area contributed by atoms with E-state index in [0.717, 1.165) is 24.0 Å². The van der Waals surface area contributed by atoms with E-state index in [2.05, 4.69) is 13.8 Å². The lowest BCUT2D eigenvalue weighted by Crippen LogP contribution is -2.55. The monoisotopic (exact) mass is 398 g/mol. The molecule has 1 unspecified atom stereocenters. The van der Waals surface area contributed by atoms with Gasteiger partial charge in [0.05, 0.1) is 0 Å². The lowest BCUT2D eigenvalue weighted by molar-refractivity contribution is -0.152. The van der Waals surface area contributed by atoms with Crippen molar-refractivity contribution in [2.75, 3.05) is 7.11 Å². The van der Waals surface area contributed by atoms with Crippen LogP contribution in [0.5, 0.6) is 0 Å². The molecule has 2 bridgehead atoms. The van der Waals surface area contributed by atoms with E-state index >= 15 is 0 Å². The van der Waals surface area contributed by atoms with Gasteiger partial charge < -0.3 is 9.47 Å². The zero-order chi connectivity index (χ0) is 21.1. The van der Waals surface area contributed by atoms with E-state index in [4.69, 9.17) is 9.47 Å². The molecule has 6 atom stereocenters. The number of carbonyl (C=O) groups is 3. The van der Waals surface area contributed by atoms with Gasteiger partial charge in [-0.05, 0) is 42.7 Å². The molecule has 1 heterocycles. The lowest BCUT2D eigenvalue weighted by atomic mass is 9.49. The molecule has 4 aliphatic carbocycles. The molecule has 5 nitrogen and oxygen atoms in total. The van der Waals surface area contributed by atoms with Crippen molar-refractivity contribution in [2.24, 2.45) is 34.0 Å². The minimum Gasteiger partial charge on any atom is -0.458 e. The van der Waals surface area contributed by atoms with E-state index in [0.29, 0.717) is 12.0 Å². The van der Waals surface area contributed by atoms with Crippen LogP contribution in [0.3, 0.4) is 0 Å². The fourth-order valence-electron chi connectivity index (χ4n) is 7.88. The Bertz CT molecular complexity index is 922. The molecule has 0 aromatic heterocycles. The fraction of sp³-hybridized carbons (Fsp3) is 0.708. The lowest BCUT2D eigenvalue weighted by Gasteiger charge is -2.51. The van der Waals surface area contributed by atoms with Gasteiger partial charge in [-0.1, -0.05) is 39.7 Å². The fourth-order valence-corrected chi connectivity index (χ4v) is 7.88. The Labute approximate surface area is 171 Å². The molecular weight excluding hydrogens is 368 g/mol. The summed E-state index contributed by atoms with van der Waals surface area (Å²) in [4.78, 5) is 40.9. The summed E-state index contributed by atoms with van der Waals surface area (Å²) in [5.74, 6) is -1.13. The first kappa shape index (κ1) is 19.2. The zero-order valence-electron chi connectivity index (χ0n) is 18.1. The molecule has 0 aromatic rings. The van der Waals surface area contributed by atoms with Crippen molar-refractivity contribution in [3.05, 3.63) is 22.8 Å². The number of esters is 1. The first-order valence-electron chi connectivity index (χ1n) is 10.8. The van der Waals surface area contributed by atoms with Gasteiger partial charge in [-0.25, -0.2) is 0 Å². The van der Waals surface area contributed by atoms with Crippen LogP contribution in [0.4, 0.5) is 0 Å². The maximum absolute atomic E-state index is 14.2. The van der Waals surface area contributed by atoms with Crippen molar-refractivity contribution in [3.8, 4) is 0 Å². The Kier molecular flexibility index (Phi) is 3.64. The summed E-state index contributed by atoms with van der Waals surface area (Å²) in [6.45, 7) is 10.2. The van der Waals surface area contributed by atoms with Crippen molar-refractivity contribution in [2.45, 2.75) is 66.1 Å². The number of Topliss-reactive ketones (excluding diaryl/α,β-unsaturated/α-hetero) is 1. The third-order valence-electron chi connectivity index (χ3n) is 8.80. The minimum atomic E-state index is -1.13. The second-order valence-corrected chi connectivity index (χ2v) is 10.7. The second-order valence-electron chi connectivity index (χ2n) is 10.7. The van der Waals surface area contributed by atoms with Crippen molar-refractivity contribution >= 4 is 17.5 Å². The maximum Gasteiger partial charge on any atom is 0.317 e. The Morgan fingerprint density at radius 2 is 1.86 bits per heavy atom. The van der Waals surface area contributed by atoms with Crippen LogP contribution in [-0.2, 0) is 23.9 Å². The number of fused-ring (bicyclic) bond motifs is 2. The maximum atomic E-state index is 14.2. The number of hydrogen-bond donors (Lipinski definition) is 0. The van der Waals surface area contributed by atoms with E-state index in [1.54, 1.807) is 13.2 Å². The van der Waals surface area contributed by atoms with Crippen LogP contribution in [-0.4, -0.2) is 36.9 Å². The van der Waals surface area contributed by atoms with Crippen LogP contribution in [0.15, 0.2) is 22.8 Å². The number of carbonyl (C=O) groups excluding carboxylic acids is 3. The van der Waals surface area contributed by atoms with E-state index in [9.17, 15) is 14.4 Å². The molecule has 5 aliphatic rings. The molecule has 1 saturated heterocycles. The SMILES string of the molecule is CO[C@H]1C2=C(C(=O)[C@]3(C(C)C)C(=O)C=C(C)C23)[C@@]23CCCC(C)(C)[C@@H]2[C@@H]1OC3=O. The number of rotatable bonds is 2. The summed E-state index contributed by atoms with van der Waals surface area (Å²) < 4.78 is 12.0. The number of hydrogen-bond acceptors (Lipinski definition) is 5. The van der Waals surface area contributed by atoms with Crippen LogP contribution < -0.4 is 0 Å². The highest BCUT2D eigenvalue weighted by Gasteiger charge is 2.77. The number of allylic oxidation sites excluding steroid dienone is 2. The highest BCUT2D eigenvalue weighted by Crippen LogP contribution is 2.71. The van der Waals surface area contributed by atoms with Gasteiger partial charge >= 0.3 is 5.97 Å². The van der Waals surface area contributed by atoms with Gasteiger partial charge in [0.1, 0.15) is 23.0 Å². The van der Waals surface area contributed by atoms with Gasteiger partial charge in [-0.3, -0.25) is 14.4 Å². The molecule has 0 amide bonds. The van der Waals surface area contributed by atoms with Crippen LogP contribution in [0.25, 0.3) is 0 Å². The molecule has 5 rings (SSSR count). The van der Waals surface area contributed by atoms with Crippen LogP contribution in [0.1, 0.15) is 53.9 Å². The molecule has 5 heteroatoms. The van der Waals surface area contributed by atoms with Gasteiger partial charge in [-0.2, -0.15) is 0 Å². The highest BCUT2D eigenvalue weighted by atomic mass is 16.6. The predicted octanol–water partition coefficient (Wildman–Crippen LogP) is 3.42. The van der Waals surface area contributed by atoms with Crippen molar-refractivity contribution in [1.29, 1.82) is 0 Å². The first-order valence-corrected chi connectivity index (χ1v) is 10.8. The van der Waals surface area contributed by atoms with Crippen molar-refractivity contribution in [1.82, 2.24) is 0 Å². The Balaban J connectivity index is 1.84. The normalized spacial score (nSPS) is 44.7. The summed E-state index contributed by atoms with van der Waals surface area (Å²) in [6, 6.07) is 0. The van der Waals surface area contributed by atoms with E-state index in [1.807, 2.05) is 20.8 Å². The van der Waals surface area contributed by atoms with Crippen LogP contribution >= 0.6 is 0 Å². The van der Waals surface area contributed by atoms with E-state index < -0.39 is 23.0 Å². The van der Waals surface area contributed by atoms with Gasteiger partial charge in [0.15, 0.2) is 11.6 Å². The summed E-state index contributed by atoms with van der Waals surface area (Å²) in [7, 11) is 1.62. The average molecular weight is 398 g/mol. The summed E-state index contributed by atoms with van der Waals surface area (Å²) in [5.41, 5.74) is 0.122. The molecule has 0 N–H and O–H groups in total. The largest absolute Gasteiger partial charge is 0.458 e. The molecular formula is C24H30O5. The van der Waals surface area contributed by atoms with E-state index in [1.165, 1.54) is 0 Å². The highest BCUT2D eigenvalue weighted by molar-refractivity contribution is 6.25. The Hall–Kier alpha value is -1.75. The van der Waals surface area contributed by atoms with Gasteiger partial charge in [0, 0.05) is 24.5 Å². The summed E-state index contributed by atoms with van der Waals surface area (Å²) in [6.07, 6.45) is 3.23. The third-order valence-corrected chi connectivity index (χ3v) is 8.80. The molecule has 29 heavy (non-hydrogen) atoms. The molecule has 0 radical (unpaired) electrons. The third kappa shape index (κ3) is 1.81. The Morgan fingerprint density at radius 1 is 1.17 bits per heavy atom. The van der Waals surface area contributed by atoms with Crippen LogP contribution in [0, 0.1) is 34.0 Å². The second kappa shape index (κ2) is 5.48. The number of ether oxygens (including phenoxy) is 2. The summed E-state index contributed by atoms with van der Waals surface area (Å²) in [5, 5.41) is 0. The van der Waals surface area contributed by atoms with E-state index in [-0.39, 0.29) is 40.7 Å². The molecule has 156 valence electrons. The van der Waals surface area contributed by atoms with Gasteiger partial charge in [0.25, 0.3) is 0 Å². The average Bonchev–Trinajstić information content (AvgIpc) is 3.16. The van der Waals surface area contributed by atoms with Crippen molar-refractivity contribution in [3.63, 3.8) is 0 Å². The molecule has 1 saturated carbocycles. The molecule has 2 fully saturated rings. The molecule has 0 aromatic carbocycles. The molecule has 0 spiro atoms. The quantitative estimate of drug-likeness (QED) is 0.527. The number of ketones is 2. The van der Waals surface area contributed by atoms with Crippen molar-refractivity contribution < 1.29 is 23.9 Å². The zero-order valence-corrected chi connectivity index (χ0v) is 18.1. The number of methoxy groups -OCH3 is 1. The topological polar surface area (TPSA) is 69.7 Å². The molecule has 1 aliphatic heterocycles. The van der Waals surface area contributed by atoms with Gasteiger partial charge in [0.2, 0.25) is 0 Å². The van der Waals surface area contributed by atoms with Gasteiger partial charge in [-0.15, -0.1) is 0 Å². The Morgan fingerprint density at radius 3 is 2.48 bits per heavy atom. The standard InChI is InChI=1S/C24H30O5/c1-11(2)24-13(25)10-12(3)15(24)14-16(20(24)26)23-9-7-8-22(4,5)19(23)18(17(14)28-6)29-21(23)27/h10-11,15,17-19H,7-9H2,1-6H3/t15?,17-,18+,19-,23-,24+/m0/s1. The first-order chi connectivity index (χ1) is 13.6. The smallest absolute Gasteiger partial charge is 0.317 e. The minimum absolute atomic E-state index is 0.105. The predicted molar refractivity (Wildman–Crippen MR) is 106 cm³/mol. The summed E-state index contributed by atoms with van der Waals surface area (Å²) >= 11 is 0. The van der Waals surface area contributed by atoms with Crippen LogP contribution in [0.2, 0.25) is 0 Å².